The van der Waals surface area contributed by atoms with Crippen LogP contribution in [0.3, 0.4) is 0 Å². The number of pyridine rings is 2. The largest absolute Gasteiger partial charge is 0.506 e. The van der Waals surface area contributed by atoms with Gasteiger partial charge in [0.2, 0.25) is 5.95 Å². The lowest BCUT2D eigenvalue weighted by molar-refractivity contribution is 0.183. The predicted octanol–water partition coefficient (Wildman–Crippen LogP) is 3.21. The van der Waals surface area contributed by atoms with Gasteiger partial charge in [-0.1, -0.05) is 6.92 Å². The van der Waals surface area contributed by atoms with Crippen LogP contribution in [0, 0.1) is 17.8 Å². The maximum absolute atomic E-state index is 12.9. The zero-order valence-electron chi connectivity index (χ0n) is 14.9. The SMILES string of the molecule is CC(CN1C[C@H]2C[C@H](Oc3ccc(F)nc3)C[C@H]2C1)c1ccc(O)cn1. The molecule has 2 aromatic heterocycles. The first-order valence-corrected chi connectivity index (χ1v) is 9.22. The molecule has 5 nitrogen and oxygen atoms in total. The van der Waals surface area contributed by atoms with E-state index in [1.165, 1.54) is 18.5 Å². The van der Waals surface area contributed by atoms with E-state index < -0.39 is 5.95 Å². The van der Waals surface area contributed by atoms with Gasteiger partial charge in [-0.25, -0.2) is 4.98 Å². The van der Waals surface area contributed by atoms with Crippen LogP contribution in [0.2, 0.25) is 0 Å². The summed E-state index contributed by atoms with van der Waals surface area (Å²) in [6.45, 7) is 5.35. The second-order valence-electron chi connectivity index (χ2n) is 7.61. The zero-order chi connectivity index (χ0) is 18.1. The Labute approximate surface area is 152 Å². The Morgan fingerprint density at radius 2 is 1.92 bits per heavy atom. The smallest absolute Gasteiger partial charge is 0.213 e. The van der Waals surface area contributed by atoms with Crippen LogP contribution in [0.1, 0.15) is 31.4 Å². The van der Waals surface area contributed by atoms with Gasteiger partial charge in [-0.15, -0.1) is 0 Å². The number of rotatable bonds is 5. The lowest BCUT2D eigenvalue weighted by Gasteiger charge is -2.22. The Balaban J connectivity index is 1.28. The second kappa shape index (κ2) is 7.19. The van der Waals surface area contributed by atoms with Crippen LogP contribution >= 0.6 is 0 Å². The van der Waals surface area contributed by atoms with Gasteiger partial charge in [0, 0.05) is 31.2 Å². The summed E-state index contributed by atoms with van der Waals surface area (Å²) in [7, 11) is 0. The summed E-state index contributed by atoms with van der Waals surface area (Å²) in [5.74, 6) is 2.04. The fraction of sp³-hybridized carbons (Fsp3) is 0.500. The summed E-state index contributed by atoms with van der Waals surface area (Å²) in [6.07, 6.45) is 5.27. The molecule has 4 rings (SSSR count). The molecule has 0 aromatic carbocycles. The summed E-state index contributed by atoms with van der Waals surface area (Å²) >= 11 is 0. The average Bonchev–Trinajstić information content (AvgIpc) is 3.15. The quantitative estimate of drug-likeness (QED) is 0.833. The minimum absolute atomic E-state index is 0.204. The van der Waals surface area contributed by atoms with E-state index in [9.17, 15) is 9.50 Å². The lowest BCUT2D eigenvalue weighted by Crippen LogP contribution is -2.28. The summed E-state index contributed by atoms with van der Waals surface area (Å²) < 4.78 is 18.9. The summed E-state index contributed by atoms with van der Waals surface area (Å²) in [4.78, 5) is 10.5. The van der Waals surface area contributed by atoms with Crippen molar-refractivity contribution < 1.29 is 14.2 Å². The van der Waals surface area contributed by atoms with Crippen LogP contribution in [0.4, 0.5) is 4.39 Å². The highest BCUT2D eigenvalue weighted by Crippen LogP contribution is 2.40. The highest BCUT2D eigenvalue weighted by Gasteiger charge is 2.42. The van der Waals surface area contributed by atoms with Crippen molar-refractivity contribution in [2.24, 2.45) is 11.8 Å². The number of nitrogens with zero attached hydrogens (tertiary/aromatic N) is 3. The molecule has 0 amide bonds. The molecule has 138 valence electrons. The van der Waals surface area contributed by atoms with Gasteiger partial charge >= 0.3 is 0 Å². The predicted molar refractivity (Wildman–Crippen MR) is 95.6 cm³/mol. The van der Waals surface area contributed by atoms with Crippen molar-refractivity contribution in [3.8, 4) is 11.5 Å². The van der Waals surface area contributed by atoms with Crippen molar-refractivity contribution >= 4 is 0 Å². The van der Waals surface area contributed by atoms with E-state index in [0.717, 1.165) is 38.2 Å². The number of aromatic nitrogens is 2. The summed E-state index contributed by atoms with van der Waals surface area (Å²) in [6, 6.07) is 6.59. The van der Waals surface area contributed by atoms with E-state index in [1.54, 1.807) is 12.1 Å². The number of halogens is 1. The number of aromatic hydroxyl groups is 1. The van der Waals surface area contributed by atoms with Crippen LogP contribution < -0.4 is 4.74 Å². The molecule has 1 aliphatic heterocycles. The van der Waals surface area contributed by atoms with Gasteiger partial charge < -0.3 is 14.7 Å². The van der Waals surface area contributed by atoms with Crippen molar-refractivity contribution in [3.05, 3.63) is 48.3 Å². The Kier molecular flexibility index (Phi) is 4.76. The monoisotopic (exact) mass is 357 g/mol. The van der Waals surface area contributed by atoms with Gasteiger partial charge in [0.25, 0.3) is 0 Å². The van der Waals surface area contributed by atoms with Gasteiger partial charge in [0.15, 0.2) is 0 Å². The first-order valence-electron chi connectivity index (χ1n) is 9.22. The first-order chi connectivity index (χ1) is 12.6. The van der Waals surface area contributed by atoms with Crippen molar-refractivity contribution in [1.82, 2.24) is 14.9 Å². The second-order valence-corrected chi connectivity index (χ2v) is 7.61. The van der Waals surface area contributed by atoms with E-state index in [-0.39, 0.29) is 11.9 Å². The van der Waals surface area contributed by atoms with Crippen LogP contribution in [-0.2, 0) is 0 Å². The average molecular weight is 357 g/mol. The van der Waals surface area contributed by atoms with Crippen LogP contribution in [0.15, 0.2) is 36.7 Å². The fourth-order valence-corrected chi connectivity index (χ4v) is 4.38. The Hall–Kier alpha value is -2.21. The molecule has 1 unspecified atom stereocenters. The van der Waals surface area contributed by atoms with Crippen molar-refractivity contribution in [2.75, 3.05) is 19.6 Å². The molecule has 0 spiro atoms. The molecule has 0 bridgehead atoms. The molecule has 6 heteroatoms. The van der Waals surface area contributed by atoms with Crippen LogP contribution in [0.5, 0.6) is 11.5 Å². The molecular formula is C20H24FN3O2. The van der Waals surface area contributed by atoms with Gasteiger partial charge in [-0.2, -0.15) is 4.39 Å². The maximum Gasteiger partial charge on any atom is 0.213 e. The molecule has 0 radical (unpaired) electrons. The molecule has 1 saturated carbocycles. The van der Waals surface area contributed by atoms with E-state index in [0.29, 0.717) is 23.5 Å². The standard InChI is InChI=1S/C20H24FN3O2/c1-13(19-4-2-16(25)8-22-19)10-24-11-14-6-18(7-15(14)12-24)26-17-3-5-20(21)23-9-17/h2-5,8-9,13-15,18,25H,6-7,10-12H2,1H3/t13?,14-,15+,18+. The molecule has 2 aromatic rings. The lowest BCUT2D eigenvalue weighted by atomic mass is 10.0. The third-order valence-corrected chi connectivity index (χ3v) is 5.59. The maximum atomic E-state index is 12.9. The molecule has 26 heavy (non-hydrogen) atoms. The number of likely N-dealkylation sites (tertiary alicyclic amines) is 1. The van der Waals surface area contributed by atoms with E-state index in [4.69, 9.17) is 4.74 Å². The summed E-state index contributed by atoms with van der Waals surface area (Å²) in [5.41, 5.74) is 1.02. The number of hydrogen-bond donors (Lipinski definition) is 1. The van der Waals surface area contributed by atoms with Crippen molar-refractivity contribution in [2.45, 2.75) is 31.8 Å². The highest BCUT2D eigenvalue weighted by atomic mass is 19.1. The molecule has 1 N–H and O–H groups in total. The molecule has 1 aliphatic carbocycles. The Bertz CT molecular complexity index is 724. The Morgan fingerprint density at radius 3 is 2.54 bits per heavy atom. The van der Waals surface area contributed by atoms with E-state index >= 15 is 0 Å². The molecule has 1 saturated heterocycles. The van der Waals surface area contributed by atoms with E-state index in [2.05, 4.69) is 21.8 Å². The Morgan fingerprint density at radius 1 is 1.15 bits per heavy atom. The zero-order valence-corrected chi connectivity index (χ0v) is 14.9. The van der Waals surface area contributed by atoms with Gasteiger partial charge in [0.1, 0.15) is 11.5 Å². The van der Waals surface area contributed by atoms with Gasteiger partial charge in [0.05, 0.1) is 18.5 Å². The fourth-order valence-electron chi connectivity index (χ4n) is 4.38. The third-order valence-electron chi connectivity index (χ3n) is 5.59. The number of ether oxygens (including phenoxy) is 1. The van der Waals surface area contributed by atoms with Gasteiger partial charge in [-0.05, 0) is 48.9 Å². The first kappa shape index (κ1) is 17.2. The molecule has 3 heterocycles. The minimum atomic E-state index is -0.478. The number of hydrogen-bond acceptors (Lipinski definition) is 5. The van der Waals surface area contributed by atoms with Crippen LogP contribution in [-0.4, -0.2) is 45.7 Å². The molecule has 4 atom stereocenters. The van der Waals surface area contributed by atoms with Crippen molar-refractivity contribution in [1.29, 1.82) is 0 Å². The highest BCUT2D eigenvalue weighted by molar-refractivity contribution is 5.20. The minimum Gasteiger partial charge on any atom is -0.506 e. The number of fused-ring (bicyclic) bond motifs is 1. The van der Waals surface area contributed by atoms with Gasteiger partial charge in [-0.3, -0.25) is 4.98 Å². The third kappa shape index (κ3) is 3.80. The van der Waals surface area contributed by atoms with Crippen molar-refractivity contribution in [3.63, 3.8) is 0 Å². The van der Waals surface area contributed by atoms with E-state index in [1.807, 2.05) is 6.07 Å². The molecule has 2 fully saturated rings. The van der Waals surface area contributed by atoms with Crippen LogP contribution in [0.25, 0.3) is 0 Å². The topological polar surface area (TPSA) is 58.5 Å². The molecule has 2 aliphatic rings. The summed E-state index contributed by atoms with van der Waals surface area (Å²) in [5, 5.41) is 9.37. The molecular weight excluding hydrogens is 333 g/mol. The normalized spacial score (nSPS) is 26.6.